The Balaban J connectivity index is 1.50. The van der Waals surface area contributed by atoms with Gasteiger partial charge >= 0.3 is 0 Å². The summed E-state index contributed by atoms with van der Waals surface area (Å²) in [6.07, 6.45) is 3.60. The molecule has 46 heavy (non-hydrogen) atoms. The van der Waals surface area contributed by atoms with E-state index >= 15 is 0 Å². The summed E-state index contributed by atoms with van der Waals surface area (Å²) in [5, 5.41) is 6.41. The lowest BCUT2D eigenvalue weighted by atomic mass is 10.0. The van der Waals surface area contributed by atoms with Crippen molar-refractivity contribution in [3.8, 4) is 22.9 Å². The first kappa shape index (κ1) is 25.0. The highest BCUT2D eigenvalue weighted by Gasteiger charge is 2.26. The molecule has 0 fully saturated rings. The molecule has 4 heterocycles. The molecule has 0 aliphatic rings. The van der Waals surface area contributed by atoms with Gasteiger partial charge in [0, 0.05) is 49.8 Å². The summed E-state index contributed by atoms with van der Waals surface area (Å²) in [6, 6.07) is 46.3. The summed E-state index contributed by atoms with van der Waals surface area (Å²) in [4.78, 5) is 20.1. The maximum Gasteiger partial charge on any atom is 0.235 e. The maximum absolute atomic E-state index is 5.37. The van der Waals surface area contributed by atoms with E-state index < -0.39 is 0 Å². The molecule has 10 aromatic rings. The molecule has 0 saturated carbocycles. The van der Waals surface area contributed by atoms with Gasteiger partial charge in [0.05, 0.1) is 38.8 Å². The third kappa shape index (κ3) is 3.41. The van der Waals surface area contributed by atoms with Crippen LogP contribution >= 0.6 is 0 Å². The van der Waals surface area contributed by atoms with Crippen molar-refractivity contribution in [1.82, 2.24) is 29.1 Å². The smallest absolute Gasteiger partial charge is 0.235 e. The normalized spacial score (nSPS) is 11.9. The van der Waals surface area contributed by atoms with Gasteiger partial charge in [-0.3, -0.25) is 4.57 Å². The van der Waals surface area contributed by atoms with Crippen LogP contribution in [0.5, 0.6) is 0 Å². The van der Waals surface area contributed by atoms with Crippen LogP contribution < -0.4 is 0 Å². The molecule has 0 aliphatic heterocycles. The van der Waals surface area contributed by atoms with Crippen molar-refractivity contribution in [3.63, 3.8) is 0 Å². The van der Waals surface area contributed by atoms with Crippen molar-refractivity contribution in [2.24, 2.45) is 0 Å². The van der Waals surface area contributed by atoms with Crippen LogP contribution in [0.4, 0.5) is 0 Å². The minimum Gasteiger partial charge on any atom is -0.307 e. The van der Waals surface area contributed by atoms with Gasteiger partial charge < -0.3 is 4.57 Å². The van der Waals surface area contributed by atoms with Crippen LogP contribution in [0.15, 0.2) is 146 Å². The molecule has 0 spiro atoms. The highest BCUT2D eigenvalue weighted by Crippen LogP contribution is 2.45. The lowest BCUT2D eigenvalue weighted by Gasteiger charge is -2.14. The van der Waals surface area contributed by atoms with Gasteiger partial charge in [-0.15, -0.1) is 0 Å². The van der Waals surface area contributed by atoms with Crippen molar-refractivity contribution in [2.45, 2.75) is 0 Å². The summed E-state index contributed by atoms with van der Waals surface area (Å²) in [6.45, 7) is 0. The molecule has 6 heteroatoms. The molecule has 0 aliphatic carbocycles. The van der Waals surface area contributed by atoms with Crippen LogP contribution in [-0.4, -0.2) is 29.1 Å². The largest absolute Gasteiger partial charge is 0.307 e. The van der Waals surface area contributed by atoms with E-state index in [4.69, 9.17) is 15.0 Å². The second-order valence-electron chi connectivity index (χ2n) is 11.5. The predicted molar refractivity (Wildman–Crippen MR) is 187 cm³/mol. The second kappa shape index (κ2) is 9.55. The molecule has 6 nitrogen and oxygen atoms in total. The molecule has 214 valence electrons. The van der Waals surface area contributed by atoms with E-state index in [1.165, 1.54) is 0 Å². The van der Waals surface area contributed by atoms with Gasteiger partial charge in [0.25, 0.3) is 0 Å². The molecule has 10 rings (SSSR count). The number of hydrogen-bond acceptors (Lipinski definition) is 4. The third-order valence-electron chi connectivity index (χ3n) is 9.05. The number of hydrogen-bond donors (Lipinski definition) is 0. The summed E-state index contributed by atoms with van der Waals surface area (Å²) in [7, 11) is 0. The molecule has 0 unspecified atom stereocenters. The van der Waals surface area contributed by atoms with Crippen molar-refractivity contribution in [2.75, 3.05) is 0 Å². The number of para-hydroxylation sites is 4. The topological polar surface area (TPSA) is 61.4 Å². The molecule has 4 aromatic heterocycles. The minimum absolute atomic E-state index is 0.617. The van der Waals surface area contributed by atoms with Crippen molar-refractivity contribution < 1.29 is 0 Å². The van der Waals surface area contributed by atoms with Crippen LogP contribution in [0.3, 0.4) is 0 Å². The van der Waals surface area contributed by atoms with Crippen LogP contribution in [0.1, 0.15) is 0 Å². The average molecular weight is 589 g/mol. The number of benzene rings is 6. The fraction of sp³-hybridized carbons (Fsp3) is 0. The fourth-order valence-corrected chi connectivity index (χ4v) is 7.19. The van der Waals surface area contributed by atoms with E-state index in [2.05, 4.69) is 129 Å². The molecule has 0 radical (unpaired) electrons. The SMILES string of the molecule is c1ccc(-c2nc(-n3c4ccccc4c4c5cncnc5c5c6ccccc6n(-c6ccccc6)c5c43)nc3ccccc23)cc1. The van der Waals surface area contributed by atoms with Gasteiger partial charge in [-0.05, 0) is 30.3 Å². The van der Waals surface area contributed by atoms with Crippen molar-refractivity contribution in [1.29, 1.82) is 0 Å². The molecule has 0 N–H and O–H groups in total. The number of fused-ring (bicyclic) bond motifs is 11. The summed E-state index contributed by atoms with van der Waals surface area (Å²) in [5.74, 6) is 0.617. The molecular weight excluding hydrogens is 564 g/mol. The molecule has 0 saturated heterocycles. The van der Waals surface area contributed by atoms with Crippen LogP contribution in [0.2, 0.25) is 0 Å². The van der Waals surface area contributed by atoms with Gasteiger partial charge in [-0.2, -0.15) is 0 Å². The Morgan fingerprint density at radius 1 is 0.478 bits per heavy atom. The standard InChI is InChI=1S/C40H24N6/c1-3-13-25(14-4-1)36-27-17-7-10-20-31(27)43-40(44-36)46-33-22-12-8-18-28(33)34-30-23-41-24-42-37(30)35-29-19-9-11-21-32(29)45(39(35)38(34)46)26-15-5-2-6-16-26/h1-24H. The summed E-state index contributed by atoms with van der Waals surface area (Å²) < 4.78 is 4.61. The van der Waals surface area contributed by atoms with E-state index in [0.717, 1.165) is 82.4 Å². The Labute approximate surface area is 262 Å². The maximum atomic E-state index is 5.37. The highest BCUT2D eigenvalue weighted by atomic mass is 15.2. The molecular formula is C40H24N6. The summed E-state index contributed by atoms with van der Waals surface area (Å²) in [5.41, 5.74) is 9.05. The van der Waals surface area contributed by atoms with Gasteiger partial charge in [0.15, 0.2) is 0 Å². The molecule has 0 amide bonds. The molecule has 0 atom stereocenters. The monoisotopic (exact) mass is 588 g/mol. The van der Waals surface area contributed by atoms with E-state index in [1.54, 1.807) is 6.33 Å². The zero-order valence-electron chi connectivity index (χ0n) is 24.5. The van der Waals surface area contributed by atoms with Gasteiger partial charge in [-0.1, -0.05) is 103 Å². The Morgan fingerprint density at radius 3 is 1.87 bits per heavy atom. The lowest BCUT2D eigenvalue weighted by Crippen LogP contribution is -2.05. The number of rotatable bonds is 3. The zero-order valence-corrected chi connectivity index (χ0v) is 24.5. The second-order valence-corrected chi connectivity index (χ2v) is 11.5. The first-order chi connectivity index (χ1) is 22.9. The Morgan fingerprint density at radius 2 is 1.09 bits per heavy atom. The fourth-order valence-electron chi connectivity index (χ4n) is 7.19. The van der Waals surface area contributed by atoms with E-state index in [-0.39, 0.29) is 0 Å². The van der Waals surface area contributed by atoms with Gasteiger partial charge in [0.2, 0.25) is 5.95 Å². The Bertz CT molecular complexity index is 2800. The van der Waals surface area contributed by atoms with E-state index in [0.29, 0.717) is 5.95 Å². The predicted octanol–water partition coefficient (Wildman–Crippen LogP) is 9.43. The third-order valence-corrected chi connectivity index (χ3v) is 9.05. The summed E-state index contributed by atoms with van der Waals surface area (Å²) >= 11 is 0. The highest BCUT2D eigenvalue weighted by molar-refractivity contribution is 6.35. The van der Waals surface area contributed by atoms with E-state index in [1.807, 2.05) is 24.4 Å². The van der Waals surface area contributed by atoms with Crippen LogP contribution in [0, 0.1) is 0 Å². The number of aromatic nitrogens is 6. The minimum atomic E-state index is 0.617. The lowest BCUT2D eigenvalue weighted by molar-refractivity contribution is 1.01. The first-order valence-corrected chi connectivity index (χ1v) is 15.3. The quantitative estimate of drug-likeness (QED) is 0.206. The zero-order chi connectivity index (χ0) is 30.2. The van der Waals surface area contributed by atoms with Crippen LogP contribution in [0.25, 0.3) is 88.3 Å². The first-order valence-electron chi connectivity index (χ1n) is 15.3. The van der Waals surface area contributed by atoms with Gasteiger partial charge in [-0.25, -0.2) is 19.9 Å². The Hall–Kier alpha value is -6.40. The molecule has 0 bridgehead atoms. The van der Waals surface area contributed by atoms with E-state index in [9.17, 15) is 0 Å². The molecule has 6 aromatic carbocycles. The number of nitrogens with zero attached hydrogens (tertiary/aromatic N) is 6. The van der Waals surface area contributed by atoms with Crippen LogP contribution in [-0.2, 0) is 0 Å². The van der Waals surface area contributed by atoms with Crippen molar-refractivity contribution in [3.05, 3.63) is 146 Å². The average Bonchev–Trinajstić information content (AvgIpc) is 3.66. The Kier molecular flexibility index (Phi) is 5.19. The van der Waals surface area contributed by atoms with Crippen molar-refractivity contribution >= 4 is 65.4 Å². The van der Waals surface area contributed by atoms with Gasteiger partial charge in [0.1, 0.15) is 6.33 Å².